The van der Waals surface area contributed by atoms with E-state index in [1.165, 1.54) is 14.2 Å². The smallest absolute Gasteiger partial charge is 0.331 e. The van der Waals surface area contributed by atoms with E-state index >= 15 is 0 Å². The molecule has 1 heterocycles. The normalized spacial score (nSPS) is 20.0. The average molecular weight is 326 g/mol. The predicted octanol–water partition coefficient (Wildman–Crippen LogP) is 3.37. The topological polar surface area (TPSA) is 67.9 Å². The second-order valence-electron chi connectivity index (χ2n) is 5.30. The van der Waals surface area contributed by atoms with E-state index in [4.69, 9.17) is 9.05 Å². The van der Waals surface area contributed by atoms with Crippen LogP contribution in [0.1, 0.15) is 31.4 Å². The summed E-state index contributed by atoms with van der Waals surface area (Å²) in [5, 5.41) is 2.94. The maximum atomic E-state index is 12.6. The van der Waals surface area contributed by atoms with E-state index in [2.05, 4.69) is 5.32 Å². The summed E-state index contributed by atoms with van der Waals surface area (Å²) in [6.07, 6.45) is 1.40. The van der Waals surface area contributed by atoms with Gasteiger partial charge in [0.05, 0.1) is 6.04 Å². The van der Waals surface area contributed by atoms with E-state index < -0.39 is 13.4 Å². The minimum Gasteiger partial charge on any atom is -0.331 e. The van der Waals surface area contributed by atoms with E-state index in [1.54, 1.807) is 4.90 Å². The van der Waals surface area contributed by atoms with Crippen LogP contribution < -0.4 is 5.32 Å². The number of amides is 2. The number of urea groups is 1. The highest BCUT2D eigenvalue weighted by molar-refractivity contribution is 7.54. The van der Waals surface area contributed by atoms with Gasteiger partial charge in [-0.1, -0.05) is 30.3 Å². The Hall–Kier alpha value is -1.36. The van der Waals surface area contributed by atoms with Gasteiger partial charge in [-0.25, -0.2) is 4.79 Å². The van der Waals surface area contributed by atoms with Gasteiger partial charge in [-0.3, -0.25) is 4.57 Å². The van der Waals surface area contributed by atoms with Crippen molar-refractivity contribution in [3.63, 3.8) is 0 Å². The number of nitrogens with zero attached hydrogens (tertiary/aromatic N) is 1. The second kappa shape index (κ2) is 7.27. The van der Waals surface area contributed by atoms with Crippen LogP contribution >= 0.6 is 7.60 Å². The third-order valence-electron chi connectivity index (χ3n) is 4.00. The van der Waals surface area contributed by atoms with Gasteiger partial charge in [0, 0.05) is 20.8 Å². The Morgan fingerprint density at radius 2 is 1.95 bits per heavy atom. The molecule has 6 nitrogen and oxygen atoms in total. The van der Waals surface area contributed by atoms with Gasteiger partial charge < -0.3 is 19.3 Å². The van der Waals surface area contributed by atoms with Crippen LogP contribution in [0.2, 0.25) is 0 Å². The Balaban J connectivity index is 2.07. The van der Waals surface area contributed by atoms with Crippen LogP contribution in [0.5, 0.6) is 0 Å². The number of rotatable bonds is 5. The molecule has 1 aliphatic heterocycles. The average Bonchev–Trinajstić information content (AvgIpc) is 3.05. The van der Waals surface area contributed by atoms with E-state index in [-0.39, 0.29) is 12.1 Å². The quantitative estimate of drug-likeness (QED) is 0.843. The van der Waals surface area contributed by atoms with Gasteiger partial charge in [-0.05, 0) is 25.3 Å². The molecule has 1 N–H and O–H groups in total. The molecule has 1 aromatic rings. The Kier molecular flexibility index (Phi) is 5.62. The molecular formula is C15H23N2O4P. The molecule has 0 radical (unpaired) electrons. The first-order valence-electron chi connectivity index (χ1n) is 7.35. The molecule has 0 bridgehead atoms. The van der Waals surface area contributed by atoms with Gasteiger partial charge in [-0.15, -0.1) is 0 Å². The first-order chi connectivity index (χ1) is 10.5. The maximum Gasteiger partial charge on any atom is 0.352 e. The van der Waals surface area contributed by atoms with Crippen LogP contribution in [-0.2, 0) is 13.6 Å². The van der Waals surface area contributed by atoms with E-state index in [9.17, 15) is 9.36 Å². The predicted molar refractivity (Wildman–Crippen MR) is 84.7 cm³/mol. The van der Waals surface area contributed by atoms with Gasteiger partial charge in [0.1, 0.15) is 5.78 Å². The fourth-order valence-electron chi connectivity index (χ4n) is 2.73. The van der Waals surface area contributed by atoms with Crippen LogP contribution in [0.15, 0.2) is 30.3 Å². The van der Waals surface area contributed by atoms with Crippen molar-refractivity contribution in [1.29, 1.82) is 0 Å². The summed E-state index contributed by atoms with van der Waals surface area (Å²) < 4.78 is 22.7. The van der Waals surface area contributed by atoms with Crippen LogP contribution in [0.4, 0.5) is 4.79 Å². The zero-order valence-electron chi connectivity index (χ0n) is 13.2. The second-order valence-corrected chi connectivity index (χ2v) is 7.71. The molecule has 1 fully saturated rings. The third-order valence-corrected chi connectivity index (χ3v) is 6.28. The van der Waals surface area contributed by atoms with Crippen molar-refractivity contribution in [3.05, 3.63) is 35.9 Å². The highest BCUT2D eigenvalue weighted by atomic mass is 31.2. The number of carbonyl (C=O) groups excluding carboxylic acids is 1. The SMILES string of the molecule is COP(=O)(OC)[C@@H]1CCCN1C(=O)N[C@@H](C)c1ccccc1. The highest BCUT2D eigenvalue weighted by Crippen LogP contribution is 2.56. The molecule has 1 aliphatic rings. The van der Waals surface area contributed by atoms with Gasteiger partial charge in [-0.2, -0.15) is 0 Å². The van der Waals surface area contributed by atoms with Crippen molar-refractivity contribution in [1.82, 2.24) is 10.2 Å². The molecule has 0 unspecified atom stereocenters. The molecule has 2 amide bonds. The first-order valence-corrected chi connectivity index (χ1v) is 8.96. The number of hydrogen-bond acceptors (Lipinski definition) is 4. The lowest BCUT2D eigenvalue weighted by Crippen LogP contribution is -2.43. The lowest BCUT2D eigenvalue weighted by molar-refractivity contribution is 0.186. The van der Waals surface area contributed by atoms with Crippen molar-refractivity contribution >= 4 is 13.6 Å². The summed E-state index contributed by atoms with van der Waals surface area (Å²) >= 11 is 0. The summed E-state index contributed by atoms with van der Waals surface area (Å²) in [7, 11) is -0.584. The van der Waals surface area contributed by atoms with Gasteiger partial charge in [0.15, 0.2) is 0 Å². The number of likely N-dealkylation sites (tertiary alicyclic amines) is 1. The van der Waals surface area contributed by atoms with Crippen molar-refractivity contribution < 1.29 is 18.4 Å². The summed E-state index contributed by atoms with van der Waals surface area (Å²) in [5.74, 6) is -0.523. The summed E-state index contributed by atoms with van der Waals surface area (Å²) in [6.45, 7) is 2.47. The van der Waals surface area contributed by atoms with Crippen molar-refractivity contribution in [2.24, 2.45) is 0 Å². The fourth-order valence-corrected chi connectivity index (χ4v) is 4.42. The monoisotopic (exact) mass is 326 g/mol. The highest BCUT2D eigenvalue weighted by Gasteiger charge is 2.43. The molecule has 2 atom stereocenters. The molecule has 0 spiro atoms. The number of hydrogen-bond donors (Lipinski definition) is 1. The molecule has 0 aliphatic carbocycles. The number of benzene rings is 1. The minimum absolute atomic E-state index is 0.126. The minimum atomic E-state index is -3.29. The standard InChI is InChI=1S/C15H23N2O4P/c1-12(13-8-5-4-6-9-13)16-15(18)17-11-7-10-14(17)22(19,20-2)21-3/h4-6,8-9,12,14H,7,10-11H2,1-3H3,(H,16,18)/t12-,14+/m0/s1. The Morgan fingerprint density at radius 1 is 1.32 bits per heavy atom. The molecule has 1 aromatic carbocycles. The van der Waals surface area contributed by atoms with Crippen LogP contribution in [-0.4, -0.2) is 37.5 Å². The van der Waals surface area contributed by atoms with E-state index in [1.807, 2.05) is 37.3 Å². The number of nitrogens with one attached hydrogen (secondary N) is 1. The van der Waals surface area contributed by atoms with E-state index in [0.29, 0.717) is 13.0 Å². The molecule has 122 valence electrons. The summed E-state index contributed by atoms with van der Waals surface area (Å²) in [4.78, 5) is 14.1. The summed E-state index contributed by atoms with van der Waals surface area (Å²) in [6, 6.07) is 9.35. The van der Waals surface area contributed by atoms with Gasteiger partial charge in [0.2, 0.25) is 0 Å². The van der Waals surface area contributed by atoms with Crippen molar-refractivity contribution in [2.75, 3.05) is 20.8 Å². The fraction of sp³-hybridized carbons (Fsp3) is 0.533. The third kappa shape index (κ3) is 3.51. The van der Waals surface area contributed by atoms with Crippen molar-refractivity contribution in [2.45, 2.75) is 31.6 Å². The molecule has 0 aromatic heterocycles. The Bertz CT molecular complexity index is 544. The Labute approximate surface area is 131 Å². The first kappa shape index (κ1) is 17.0. The molecule has 7 heteroatoms. The lowest BCUT2D eigenvalue weighted by atomic mass is 10.1. The molecule has 22 heavy (non-hydrogen) atoms. The Morgan fingerprint density at radius 3 is 2.55 bits per heavy atom. The van der Waals surface area contributed by atoms with Gasteiger partial charge >= 0.3 is 13.6 Å². The largest absolute Gasteiger partial charge is 0.352 e. The molecule has 1 saturated heterocycles. The van der Waals surface area contributed by atoms with E-state index in [0.717, 1.165) is 12.0 Å². The van der Waals surface area contributed by atoms with Crippen molar-refractivity contribution in [3.8, 4) is 0 Å². The zero-order valence-corrected chi connectivity index (χ0v) is 14.1. The number of carbonyl (C=O) groups is 1. The zero-order chi connectivity index (χ0) is 16.2. The molecule has 0 saturated carbocycles. The van der Waals surface area contributed by atoms with Crippen LogP contribution in [0.25, 0.3) is 0 Å². The molecular weight excluding hydrogens is 303 g/mol. The maximum absolute atomic E-state index is 12.6. The molecule has 2 rings (SSSR count). The van der Waals surface area contributed by atoms with Crippen LogP contribution in [0, 0.1) is 0 Å². The summed E-state index contributed by atoms with van der Waals surface area (Å²) in [5.41, 5.74) is 1.02. The van der Waals surface area contributed by atoms with Gasteiger partial charge in [0.25, 0.3) is 0 Å². The lowest BCUT2D eigenvalue weighted by Gasteiger charge is -2.30. The van der Waals surface area contributed by atoms with Crippen LogP contribution in [0.3, 0.4) is 0 Å².